The molecule has 12 nitrogen and oxygen atoms in total. The molecule has 3 amide bonds. The van der Waals surface area contributed by atoms with Crippen molar-refractivity contribution >= 4 is 29.7 Å². The summed E-state index contributed by atoms with van der Waals surface area (Å²) in [5, 5.41) is 33.0. The van der Waals surface area contributed by atoms with E-state index >= 15 is 0 Å². The number of hydrogen-bond donors (Lipinski definition) is 7. The van der Waals surface area contributed by atoms with Crippen molar-refractivity contribution < 1.29 is 39.3 Å². The van der Waals surface area contributed by atoms with Crippen molar-refractivity contribution in [3.8, 4) is 0 Å². The third-order valence-electron chi connectivity index (χ3n) is 3.76. The lowest BCUT2D eigenvalue weighted by molar-refractivity contribution is -0.147. The Labute approximate surface area is 155 Å². The van der Waals surface area contributed by atoms with E-state index in [1.165, 1.54) is 0 Å². The predicted molar refractivity (Wildman–Crippen MR) is 91.3 cm³/mol. The zero-order chi connectivity index (χ0) is 21.1. The minimum absolute atomic E-state index is 0.318. The molecule has 0 aromatic rings. The van der Waals surface area contributed by atoms with Gasteiger partial charge in [-0.05, 0) is 5.92 Å². The van der Waals surface area contributed by atoms with Gasteiger partial charge in [-0.2, -0.15) is 0 Å². The molecule has 0 aromatic heterocycles. The highest BCUT2D eigenvalue weighted by atomic mass is 16.4. The summed E-state index contributed by atoms with van der Waals surface area (Å²) in [4.78, 5) is 57.3. The van der Waals surface area contributed by atoms with Gasteiger partial charge in [-0.15, -0.1) is 0 Å². The van der Waals surface area contributed by atoms with Crippen LogP contribution in [0.2, 0.25) is 0 Å². The number of carbonyl (C=O) groups excluding carboxylic acids is 3. The van der Waals surface area contributed by atoms with Crippen molar-refractivity contribution in [3.05, 3.63) is 0 Å². The highest BCUT2D eigenvalue weighted by molar-refractivity contribution is 5.93. The lowest BCUT2D eigenvalue weighted by Crippen LogP contribution is -2.56. The highest BCUT2D eigenvalue weighted by Crippen LogP contribution is 2.08. The second kappa shape index (κ2) is 11.8. The van der Waals surface area contributed by atoms with Crippen LogP contribution in [0.15, 0.2) is 0 Å². The Morgan fingerprint density at radius 1 is 1.04 bits per heavy atom. The first-order valence-electron chi connectivity index (χ1n) is 8.21. The molecule has 0 saturated heterocycles. The lowest BCUT2D eigenvalue weighted by atomic mass is 9.98. The first-order valence-corrected chi connectivity index (χ1v) is 8.21. The maximum atomic E-state index is 12.3. The van der Waals surface area contributed by atoms with E-state index in [2.05, 4.69) is 10.6 Å². The first-order chi connectivity index (χ1) is 12.5. The summed E-state index contributed by atoms with van der Waals surface area (Å²) in [6.45, 7) is 2.24. The van der Waals surface area contributed by atoms with Crippen molar-refractivity contribution in [3.63, 3.8) is 0 Å². The molecular formula is C15H26N4O8. The van der Waals surface area contributed by atoms with Gasteiger partial charge in [0.2, 0.25) is 17.7 Å². The largest absolute Gasteiger partial charge is 0.481 e. The highest BCUT2D eigenvalue weighted by Gasteiger charge is 2.28. The molecule has 0 radical (unpaired) electrons. The molecule has 0 bridgehead atoms. The topological polar surface area (TPSA) is 208 Å². The molecule has 0 aromatic carbocycles. The molecule has 4 unspecified atom stereocenters. The van der Waals surface area contributed by atoms with Crippen LogP contribution in [0.4, 0.5) is 0 Å². The molecule has 12 heteroatoms. The molecule has 0 rings (SSSR count). The molecule has 8 N–H and O–H groups in total. The SMILES string of the molecule is CCC(C)C(NC(=O)C(N)CO)C(=O)NCC(=O)NC(CC(=O)O)C(=O)O. The van der Waals surface area contributed by atoms with Gasteiger partial charge in [-0.25, -0.2) is 4.79 Å². The predicted octanol–water partition coefficient (Wildman–Crippen LogP) is -3.00. The van der Waals surface area contributed by atoms with Crippen LogP contribution >= 0.6 is 0 Å². The zero-order valence-electron chi connectivity index (χ0n) is 15.1. The smallest absolute Gasteiger partial charge is 0.326 e. The maximum Gasteiger partial charge on any atom is 0.326 e. The van der Waals surface area contributed by atoms with Crippen LogP contribution in [-0.2, 0) is 24.0 Å². The van der Waals surface area contributed by atoms with Gasteiger partial charge in [0.15, 0.2) is 0 Å². The number of carboxylic acids is 2. The van der Waals surface area contributed by atoms with E-state index in [0.717, 1.165) is 0 Å². The second-order valence-electron chi connectivity index (χ2n) is 5.93. The number of carbonyl (C=O) groups is 5. The molecule has 0 aliphatic rings. The Hall–Kier alpha value is -2.73. The molecule has 0 fully saturated rings. The number of aliphatic hydroxyl groups is 1. The molecule has 27 heavy (non-hydrogen) atoms. The van der Waals surface area contributed by atoms with Crippen molar-refractivity contribution in [1.29, 1.82) is 0 Å². The maximum absolute atomic E-state index is 12.3. The Bertz CT molecular complexity index is 568. The molecule has 0 saturated carbocycles. The van der Waals surface area contributed by atoms with Crippen LogP contribution in [0.3, 0.4) is 0 Å². The van der Waals surface area contributed by atoms with Gasteiger partial charge < -0.3 is 37.0 Å². The summed E-state index contributed by atoms with van der Waals surface area (Å²) in [5.74, 6) is -5.61. The average Bonchev–Trinajstić information content (AvgIpc) is 2.61. The Kier molecular flexibility index (Phi) is 10.6. The molecule has 0 heterocycles. The van der Waals surface area contributed by atoms with Crippen molar-refractivity contribution in [1.82, 2.24) is 16.0 Å². The van der Waals surface area contributed by atoms with Gasteiger partial charge in [0.25, 0.3) is 0 Å². The molecule has 0 aliphatic heterocycles. The summed E-state index contributed by atoms with van der Waals surface area (Å²) in [6.07, 6.45) is -0.307. The van der Waals surface area contributed by atoms with E-state index < -0.39 is 67.4 Å². The average molecular weight is 390 g/mol. The Morgan fingerprint density at radius 2 is 1.63 bits per heavy atom. The van der Waals surface area contributed by atoms with Crippen molar-refractivity contribution in [2.24, 2.45) is 11.7 Å². The van der Waals surface area contributed by atoms with Crippen LogP contribution in [0.5, 0.6) is 0 Å². The number of nitrogens with two attached hydrogens (primary N) is 1. The summed E-state index contributed by atoms with van der Waals surface area (Å²) in [5.41, 5.74) is 5.39. The zero-order valence-corrected chi connectivity index (χ0v) is 15.1. The number of nitrogens with one attached hydrogen (secondary N) is 3. The van der Waals surface area contributed by atoms with Gasteiger partial charge in [0.05, 0.1) is 19.6 Å². The number of amides is 3. The summed E-state index contributed by atoms with van der Waals surface area (Å²) in [7, 11) is 0. The fraction of sp³-hybridized carbons (Fsp3) is 0.667. The van der Waals surface area contributed by atoms with E-state index in [0.29, 0.717) is 6.42 Å². The minimum atomic E-state index is -1.64. The van der Waals surface area contributed by atoms with Gasteiger partial charge in [0.1, 0.15) is 18.1 Å². The van der Waals surface area contributed by atoms with Crippen LogP contribution in [0.1, 0.15) is 26.7 Å². The molecule has 4 atom stereocenters. The number of rotatable bonds is 12. The van der Waals surface area contributed by atoms with E-state index in [1.54, 1.807) is 13.8 Å². The van der Waals surface area contributed by atoms with Gasteiger partial charge in [0, 0.05) is 0 Å². The molecular weight excluding hydrogens is 364 g/mol. The Balaban J connectivity index is 4.83. The molecule has 154 valence electrons. The molecule has 0 spiro atoms. The number of aliphatic hydroxyl groups excluding tert-OH is 1. The van der Waals surface area contributed by atoms with Gasteiger partial charge in [-0.3, -0.25) is 19.2 Å². The third-order valence-corrected chi connectivity index (χ3v) is 3.76. The van der Waals surface area contributed by atoms with Crippen molar-refractivity contribution in [2.75, 3.05) is 13.2 Å². The monoisotopic (exact) mass is 390 g/mol. The standard InChI is InChI=1S/C15H26N4O8/c1-3-7(2)12(19-13(24)8(16)6-20)14(25)17-5-10(21)18-9(15(26)27)4-11(22)23/h7-9,12,20H,3-6,16H2,1-2H3,(H,17,25)(H,18,21)(H,19,24)(H,22,23)(H,26,27). The number of carboxylic acid groups (broad SMARTS) is 2. The molecule has 0 aliphatic carbocycles. The lowest BCUT2D eigenvalue weighted by Gasteiger charge is -2.24. The van der Waals surface area contributed by atoms with Crippen LogP contribution < -0.4 is 21.7 Å². The fourth-order valence-electron chi connectivity index (χ4n) is 1.94. The van der Waals surface area contributed by atoms with Crippen molar-refractivity contribution in [2.45, 2.75) is 44.8 Å². The van der Waals surface area contributed by atoms with E-state index in [-0.39, 0.29) is 5.92 Å². The second-order valence-corrected chi connectivity index (χ2v) is 5.93. The fourth-order valence-corrected chi connectivity index (χ4v) is 1.94. The van der Waals surface area contributed by atoms with E-state index in [1.807, 2.05) is 5.32 Å². The summed E-state index contributed by atoms with van der Waals surface area (Å²) < 4.78 is 0. The third kappa shape index (κ3) is 8.96. The summed E-state index contributed by atoms with van der Waals surface area (Å²) >= 11 is 0. The van der Waals surface area contributed by atoms with Gasteiger partial charge in [-0.1, -0.05) is 20.3 Å². The number of aliphatic carboxylic acids is 2. The van der Waals surface area contributed by atoms with Gasteiger partial charge >= 0.3 is 11.9 Å². The normalized spacial score (nSPS) is 15.0. The van der Waals surface area contributed by atoms with Crippen LogP contribution in [0, 0.1) is 5.92 Å². The number of hydrogen-bond acceptors (Lipinski definition) is 7. The van der Waals surface area contributed by atoms with Crippen LogP contribution in [-0.4, -0.2) is 76.3 Å². The quantitative estimate of drug-likeness (QED) is 0.181. The Morgan fingerprint density at radius 3 is 2.07 bits per heavy atom. The van der Waals surface area contributed by atoms with Crippen LogP contribution in [0.25, 0.3) is 0 Å². The van der Waals surface area contributed by atoms with E-state index in [4.69, 9.17) is 21.1 Å². The minimum Gasteiger partial charge on any atom is -0.481 e. The first kappa shape index (κ1) is 24.3. The summed E-state index contributed by atoms with van der Waals surface area (Å²) in [6, 6.07) is -3.87. The van der Waals surface area contributed by atoms with E-state index in [9.17, 15) is 24.0 Å².